The van der Waals surface area contributed by atoms with Crippen molar-refractivity contribution in [3.63, 3.8) is 0 Å². The van der Waals surface area contributed by atoms with Gasteiger partial charge in [-0.2, -0.15) is 0 Å². The van der Waals surface area contributed by atoms with E-state index in [-0.39, 0.29) is 24.0 Å². The molecule has 0 saturated carbocycles. The Morgan fingerprint density at radius 2 is 1.77 bits per heavy atom. The lowest BCUT2D eigenvalue weighted by Gasteiger charge is -2.34. The van der Waals surface area contributed by atoms with Crippen LogP contribution in [0.25, 0.3) is 11.1 Å². The molecule has 1 fully saturated rings. The standard InChI is InChI=1S/C23H30N2O5/c1-5-29-21(27)18-16-9-7-6-8-10-17(16)19(20(18)26)25-13-11-15(12-14-25)24-22(28)30-23(2,3)4/h6-10,15,26H,5,11-14H2,1-4H3,(H,24,28). The number of carbonyl (C=O) groups excluding carboxylic acids is 2. The minimum atomic E-state index is -0.538. The van der Waals surface area contributed by atoms with Crippen LogP contribution < -0.4 is 10.2 Å². The molecule has 1 heterocycles. The van der Waals surface area contributed by atoms with E-state index in [1.807, 2.05) is 51.1 Å². The highest BCUT2D eigenvalue weighted by molar-refractivity contribution is 6.08. The number of fused-ring (bicyclic) bond motifs is 1. The molecule has 1 saturated heterocycles. The summed E-state index contributed by atoms with van der Waals surface area (Å²) in [5.41, 5.74) is 1.77. The number of rotatable bonds is 4. The van der Waals surface area contributed by atoms with E-state index in [1.54, 1.807) is 6.92 Å². The minimum absolute atomic E-state index is 0.0000995. The van der Waals surface area contributed by atoms with Crippen molar-refractivity contribution < 1.29 is 24.2 Å². The number of nitrogens with one attached hydrogen (secondary N) is 1. The molecule has 1 amide bonds. The zero-order valence-electron chi connectivity index (χ0n) is 18.0. The lowest BCUT2D eigenvalue weighted by molar-refractivity contribution is 0.0493. The van der Waals surface area contributed by atoms with Crippen LogP contribution in [0.1, 0.15) is 50.9 Å². The number of aromatic hydroxyl groups is 1. The average molecular weight is 415 g/mol. The lowest BCUT2D eigenvalue weighted by atomic mass is 10.0. The molecule has 0 unspecified atom stereocenters. The Labute approximate surface area is 177 Å². The van der Waals surface area contributed by atoms with E-state index in [9.17, 15) is 14.7 Å². The van der Waals surface area contributed by atoms with Crippen molar-refractivity contribution in [1.82, 2.24) is 5.32 Å². The predicted molar refractivity (Wildman–Crippen MR) is 115 cm³/mol. The maximum Gasteiger partial charge on any atom is 0.407 e. The van der Waals surface area contributed by atoms with E-state index in [1.165, 1.54) is 0 Å². The van der Waals surface area contributed by atoms with Gasteiger partial charge in [0.05, 0.1) is 12.3 Å². The molecule has 1 aliphatic heterocycles. The number of anilines is 1. The molecule has 30 heavy (non-hydrogen) atoms. The van der Waals surface area contributed by atoms with Gasteiger partial charge in [0.15, 0.2) is 5.75 Å². The van der Waals surface area contributed by atoms with Gasteiger partial charge in [0.25, 0.3) is 0 Å². The van der Waals surface area contributed by atoms with Gasteiger partial charge >= 0.3 is 12.1 Å². The number of hydrogen-bond acceptors (Lipinski definition) is 6. The third-order valence-electron chi connectivity index (χ3n) is 5.04. The summed E-state index contributed by atoms with van der Waals surface area (Å²) in [7, 11) is 0. The first-order valence-corrected chi connectivity index (χ1v) is 10.4. The molecule has 0 bridgehead atoms. The number of alkyl carbamates (subject to hydrolysis) is 1. The number of nitrogens with zero attached hydrogens (tertiary/aromatic N) is 1. The van der Waals surface area contributed by atoms with Gasteiger partial charge in [-0.15, -0.1) is 0 Å². The first-order chi connectivity index (χ1) is 14.2. The van der Waals surface area contributed by atoms with Gasteiger partial charge in [-0.25, -0.2) is 9.59 Å². The molecular weight excluding hydrogens is 384 g/mol. The van der Waals surface area contributed by atoms with Gasteiger partial charge in [-0.05, 0) is 40.5 Å². The fourth-order valence-corrected chi connectivity index (χ4v) is 3.80. The molecule has 3 rings (SSSR count). The number of esters is 1. The molecule has 0 aromatic carbocycles. The number of piperidine rings is 1. The van der Waals surface area contributed by atoms with Gasteiger partial charge in [-0.3, -0.25) is 0 Å². The van der Waals surface area contributed by atoms with E-state index >= 15 is 0 Å². The zero-order chi connectivity index (χ0) is 21.9. The summed E-state index contributed by atoms with van der Waals surface area (Å²) in [5.74, 6) is -0.577. The van der Waals surface area contributed by atoms with Gasteiger partial charge < -0.3 is 24.8 Å². The van der Waals surface area contributed by atoms with Crippen molar-refractivity contribution in [3.05, 3.63) is 35.9 Å². The minimum Gasteiger partial charge on any atom is -0.505 e. The van der Waals surface area contributed by atoms with E-state index < -0.39 is 17.7 Å². The topological polar surface area (TPSA) is 88.1 Å². The predicted octanol–water partition coefficient (Wildman–Crippen LogP) is 4.17. The van der Waals surface area contributed by atoms with Gasteiger partial charge in [-0.1, -0.05) is 30.3 Å². The van der Waals surface area contributed by atoms with Crippen LogP contribution in [0.4, 0.5) is 10.5 Å². The van der Waals surface area contributed by atoms with Crippen molar-refractivity contribution in [2.45, 2.75) is 52.2 Å². The molecule has 3 aliphatic rings. The van der Waals surface area contributed by atoms with Crippen molar-refractivity contribution >= 4 is 17.7 Å². The molecule has 0 aromatic rings. The van der Waals surface area contributed by atoms with Crippen LogP contribution >= 0.6 is 0 Å². The summed E-state index contributed by atoms with van der Waals surface area (Å²) < 4.78 is 10.5. The second-order valence-electron chi connectivity index (χ2n) is 8.44. The highest BCUT2D eigenvalue weighted by atomic mass is 16.6. The summed E-state index contributed by atoms with van der Waals surface area (Å²) in [5, 5.41) is 13.9. The van der Waals surface area contributed by atoms with Crippen LogP contribution in [0, 0.1) is 0 Å². The monoisotopic (exact) mass is 414 g/mol. The van der Waals surface area contributed by atoms with Crippen molar-refractivity contribution in [1.29, 1.82) is 0 Å². The van der Waals surface area contributed by atoms with Crippen LogP contribution in [0.5, 0.6) is 5.75 Å². The third kappa shape index (κ3) is 4.78. The number of ether oxygens (including phenoxy) is 2. The van der Waals surface area contributed by atoms with Crippen LogP contribution in [-0.4, -0.2) is 48.5 Å². The number of amides is 1. The highest BCUT2D eigenvalue weighted by Gasteiger charge is 2.32. The lowest BCUT2D eigenvalue weighted by Crippen LogP contribution is -2.46. The Morgan fingerprint density at radius 3 is 2.37 bits per heavy atom. The summed E-state index contributed by atoms with van der Waals surface area (Å²) in [4.78, 5) is 26.6. The van der Waals surface area contributed by atoms with Crippen molar-refractivity contribution in [2.24, 2.45) is 0 Å². The summed E-state index contributed by atoms with van der Waals surface area (Å²) in [6.07, 6.45) is 0.997. The van der Waals surface area contributed by atoms with Gasteiger partial charge in [0, 0.05) is 30.3 Å². The Kier molecular flexibility index (Phi) is 6.39. The Hall–Kier alpha value is -2.96. The maximum atomic E-state index is 12.5. The van der Waals surface area contributed by atoms with E-state index in [0.717, 1.165) is 5.56 Å². The van der Waals surface area contributed by atoms with Crippen molar-refractivity contribution in [3.8, 4) is 16.9 Å². The fourth-order valence-electron chi connectivity index (χ4n) is 3.80. The summed E-state index contributed by atoms with van der Waals surface area (Å²) in [6.45, 7) is 8.74. The summed E-state index contributed by atoms with van der Waals surface area (Å²) >= 11 is 0. The largest absolute Gasteiger partial charge is 0.505 e. The molecule has 0 spiro atoms. The molecule has 7 heteroatoms. The first-order valence-electron chi connectivity index (χ1n) is 10.4. The van der Waals surface area contributed by atoms with Crippen LogP contribution in [0.2, 0.25) is 0 Å². The zero-order valence-corrected chi connectivity index (χ0v) is 18.0. The Morgan fingerprint density at radius 1 is 1.13 bits per heavy atom. The Bertz CT molecular complexity index is 882. The average Bonchev–Trinajstić information content (AvgIpc) is 2.78. The van der Waals surface area contributed by atoms with E-state index in [0.29, 0.717) is 37.2 Å². The molecular formula is C23H30N2O5. The molecule has 7 nitrogen and oxygen atoms in total. The smallest absolute Gasteiger partial charge is 0.407 e. The van der Waals surface area contributed by atoms with E-state index in [2.05, 4.69) is 10.2 Å². The van der Waals surface area contributed by atoms with Gasteiger partial charge in [0.2, 0.25) is 0 Å². The maximum absolute atomic E-state index is 12.5. The fraction of sp³-hybridized carbons (Fsp3) is 0.478. The molecule has 162 valence electrons. The van der Waals surface area contributed by atoms with Crippen LogP contribution in [-0.2, 0) is 9.47 Å². The molecule has 0 atom stereocenters. The summed E-state index contributed by atoms with van der Waals surface area (Å²) in [6, 6.07) is 9.33. The van der Waals surface area contributed by atoms with Crippen molar-refractivity contribution in [2.75, 3.05) is 24.6 Å². The van der Waals surface area contributed by atoms with E-state index in [4.69, 9.17) is 9.47 Å². The Balaban J connectivity index is 1.79. The molecule has 0 aromatic heterocycles. The molecule has 2 N–H and O–H groups in total. The number of carbonyl (C=O) groups is 2. The second-order valence-corrected chi connectivity index (χ2v) is 8.44. The van der Waals surface area contributed by atoms with Crippen LogP contribution in [0.3, 0.4) is 0 Å². The molecule has 2 aliphatic carbocycles. The number of hydrogen-bond donors (Lipinski definition) is 2. The quantitative estimate of drug-likeness (QED) is 0.730. The highest BCUT2D eigenvalue weighted by Crippen LogP contribution is 2.48. The second kappa shape index (κ2) is 8.81. The SMILES string of the molecule is CCOC(=O)c1c2cccccc-2c(N2CCC(NC(=O)OC(C)(C)C)CC2)c1O. The van der Waals surface area contributed by atoms with Crippen LogP contribution in [0.15, 0.2) is 30.3 Å². The normalized spacial score (nSPS) is 15.1. The third-order valence-corrected chi connectivity index (χ3v) is 5.04. The molecule has 0 radical (unpaired) electrons. The first kappa shape index (κ1) is 21.7. The van der Waals surface area contributed by atoms with Gasteiger partial charge in [0.1, 0.15) is 11.2 Å².